The molecule has 1 unspecified atom stereocenters. The Labute approximate surface area is 167 Å². The van der Waals surface area contributed by atoms with Crippen molar-refractivity contribution in [2.45, 2.75) is 55.2 Å². The standard InChI is InChI=1S/C20H22N4OS2/c1-13(26-17-12-11-14-7-5-6-10-16(14)21-17)18(25)22-20-24-23-19(27-20)15-8-3-2-4-9-15/h5-7,10-13,15H,2-4,8-9H2,1H3,(H,22,24,25). The van der Waals surface area contributed by atoms with Crippen molar-refractivity contribution in [1.29, 1.82) is 0 Å². The molecular weight excluding hydrogens is 376 g/mol. The summed E-state index contributed by atoms with van der Waals surface area (Å²) < 4.78 is 0. The number of anilines is 1. The second-order valence-corrected chi connectivity index (χ2v) is 9.24. The summed E-state index contributed by atoms with van der Waals surface area (Å²) >= 11 is 2.97. The first-order valence-electron chi connectivity index (χ1n) is 9.36. The van der Waals surface area contributed by atoms with Gasteiger partial charge in [0.2, 0.25) is 11.0 Å². The van der Waals surface area contributed by atoms with Gasteiger partial charge in [0.15, 0.2) is 0 Å². The summed E-state index contributed by atoms with van der Waals surface area (Å²) in [6.07, 6.45) is 6.21. The minimum Gasteiger partial charge on any atom is -0.300 e. The van der Waals surface area contributed by atoms with E-state index < -0.39 is 0 Å². The monoisotopic (exact) mass is 398 g/mol. The van der Waals surface area contributed by atoms with E-state index in [2.05, 4.69) is 20.5 Å². The molecule has 5 nitrogen and oxygen atoms in total. The van der Waals surface area contributed by atoms with E-state index in [0.717, 1.165) is 20.9 Å². The van der Waals surface area contributed by atoms with Gasteiger partial charge in [-0.05, 0) is 31.9 Å². The largest absolute Gasteiger partial charge is 0.300 e. The van der Waals surface area contributed by atoms with Crippen LogP contribution < -0.4 is 5.32 Å². The average molecular weight is 399 g/mol. The summed E-state index contributed by atoms with van der Waals surface area (Å²) in [6, 6.07) is 12.0. The maximum Gasteiger partial charge on any atom is 0.239 e. The van der Waals surface area contributed by atoms with Crippen molar-refractivity contribution in [1.82, 2.24) is 15.2 Å². The number of thioether (sulfide) groups is 1. The summed E-state index contributed by atoms with van der Waals surface area (Å²) in [5.74, 6) is 0.441. The number of nitrogens with one attached hydrogen (secondary N) is 1. The van der Waals surface area contributed by atoms with Crippen LogP contribution in [0.25, 0.3) is 10.9 Å². The quantitative estimate of drug-likeness (QED) is 0.594. The smallest absolute Gasteiger partial charge is 0.239 e. The number of nitrogens with zero attached hydrogens (tertiary/aromatic N) is 3. The number of carbonyl (C=O) groups excluding carboxylic acids is 1. The molecule has 4 rings (SSSR count). The van der Waals surface area contributed by atoms with E-state index in [1.165, 1.54) is 55.2 Å². The average Bonchev–Trinajstić information content (AvgIpc) is 3.17. The number of benzene rings is 1. The topological polar surface area (TPSA) is 67.8 Å². The third kappa shape index (κ3) is 4.47. The molecule has 1 amide bonds. The first-order chi connectivity index (χ1) is 13.2. The first-order valence-corrected chi connectivity index (χ1v) is 11.1. The lowest BCUT2D eigenvalue weighted by Gasteiger charge is -2.18. The number of carbonyl (C=O) groups is 1. The van der Waals surface area contributed by atoms with Crippen LogP contribution in [0.4, 0.5) is 5.13 Å². The van der Waals surface area contributed by atoms with Gasteiger partial charge in [0, 0.05) is 11.3 Å². The summed E-state index contributed by atoms with van der Waals surface area (Å²) in [6.45, 7) is 1.89. The molecule has 2 aromatic heterocycles. The van der Waals surface area contributed by atoms with Gasteiger partial charge in [0.1, 0.15) is 5.01 Å². The summed E-state index contributed by atoms with van der Waals surface area (Å²) in [5, 5.41) is 14.7. The Morgan fingerprint density at radius 1 is 1.15 bits per heavy atom. The number of para-hydroxylation sites is 1. The van der Waals surface area contributed by atoms with Crippen molar-refractivity contribution >= 4 is 45.0 Å². The molecule has 1 saturated carbocycles. The zero-order chi connectivity index (χ0) is 18.6. The fourth-order valence-electron chi connectivity index (χ4n) is 3.35. The van der Waals surface area contributed by atoms with Gasteiger partial charge in [0.25, 0.3) is 0 Å². The maximum atomic E-state index is 12.5. The molecule has 7 heteroatoms. The van der Waals surface area contributed by atoms with Gasteiger partial charge in [-0.3, -0.25) is 10.1 Å². The number of hydrogen-bond donors (Lipinski definition) is 1. The van der Waals surface area contributed by atoms with E-state index in [9.17, 15) is 4.79 Å². The number of hydrogen-bond acceptors (Lipinski definition) is 6. The van der Waals surface area contributed by atoms with Gasteiger partial charge < -0.3 is 0 Å². The van der Waals surface area contributed by atoms with E-state index in [4.69, 9.17) is 0 Å². The molecule has 1 atom stereocenters. The molecule has 0 spiro atoms. The highest BCUT2D eigenvalue weighted by Gasteiger charge is 2.21. The van der Waals surface area contributed by atoms with Crippen LogP contribution in [-0.2, 0) is 4.79 Å². The fraction of sp³-hybridized carbons (Fsp3) is 0.400. The molecule has 1 N–H and O–H groups in total. The zero-order valence-electron chi connectivity index (χ0n) is 15.2. The Hall–Kier alpha value is -1.99. The molecule has 0 saturated heterocycles. The van der Waals surface area contributed by atoms with Crippen LogP contribution in [0.2, 0.25) is 0 Å². The van der Waals surface area contributed by atoms with Gasteiger partial charge in [-0.1, -0.05) is 66.6 Å². The SMILES string of the molecule is CC(Sc1ccc2ccccc2n1)C(=O)Nc1nnc(C2CCCCC2)s1. The second-order valence-electron chi connectivity index (χ2n) is 6.87. The van der Waals surface area contributed by atoms with Crippen LogP contribution in [0.3, 0.4) is 0 Å². The summed E-state index contributed by atoms with van der Waals surface area (Å²) in [5.41, 5.74) is 0.941. The Morgan fingerprint density at radius 3 is 2.81 bits per heavy atom. The molecular formula is C20H22N4OS2. The van der Waals surface area contributed by atoms with Crippen LogP contribution in [-0.4, -0.2) is 26.3 Å². The van der Waals surface area contributed by atoms with Crippen molar-refractivity contribution in [3.05, 3.63) is 41.4 Å². The number of pyridine rings is 1. The van der Waals surface area contributed by atoms with Crippen LogP contribution in [0.1, 0.15) is 50.0 Å². The Bertz CT molecular complexity index is 936. The Kier molecular flexibility index (Phi) is 5.69. The molecule has 1 fully saturated rings. The van der Waals surface area contributed by atoms with Crippen LogP contribution in [0.15, 0.2) is 41.4 Å². The first kappa shape index (κ1) is 18.4. The molecule has 27 heavy (non-hydrogen) atoms. The predicted molar refractivity (Wildman–Crippen MR) is 111 cm³/mol. The highest BCUT2D eigenvalue weighted by atomic mass is 32.2. The van der Waals surface area contributed by atoms with E-state index >= 15 is 0 Å². The highest BCUT2D eigenvalue weighted by Crippen LogP contribution is 2.35. The van der Waals surface area contributed by atoms with Gasteiger partial charge in [-0.15, -0.1) is 10.2 Å². The van der Waals surface area contributed by atoms with Crippen LogP contribution in [0.5, 0.6) is 0 Å². The van der Waals surface area contributed by atoms with Crippen molar-refractivity contribution < 1.29 is 4.79 Å². The van der Waals surface area contributed by atoms with Gasteiger partial charge in [-0.2, -0.15) is 0 Å². The minimum absolute atomic E-state index is 0.0682. The lowest BCUT2D eigenvalue weighted by atomic mass is 9.90. The molecule has 0 aliphatic heterocycles. The number of rotatable bonds is 5. The number of amides is 1. The second kappa shape index (κ2) is 8.35. The lowest BCUT2D eigenvalue weighted by molar-refractivity contribution is -0.115. The molecule has 140 valence electrons. The van der Waals surface area contributed by atoms with Crippen molar-refractivity contribution in [2.24, 2.45) is 0 Å². The molecule has 1 aliphatic carbocycles. The molecule has 2 heterocycles. The molecule has 1 aliphatic rings. The number of aromatic nitrogens is 3. The minimum atomic E-state index is -0.263. The third-order valence-electron chi connectivity index (χ3n) is 4.86. The third-order valence-corrected chi connectivity index (χ3v) is 6.90. The Balaban J connectivity index is 1.38. The molecule has 3 aromatic rings. The van der Waals surface area contributed by atoms with Crippen molar-refractivity contribution in [3.63, 3.8) is 0 Å². The zero-order valence-corrected chi connectivity index (χ0v) is 16.9. The summed E-state index contributed by atoms with van der Waals surface area (Å²) in [7, 11) is 0. The molecule has 0 bridgehead atoms. The van der Waals surface area contributed by atoms with E-state index in [-0.39, 0.29) is 11.2 Å². The van der Waals surface area contributed by atoms with E-state index in [1.54, 1.807) is 0 Å². The van der Waals surface area contributed by atoms with Crippen LogP contribution in [0, 0.1) is 0 Å². The van der Waals surface area contributed by atoms with Crippen molar-refractivity contribution in [2.75, 3.05) is 5.32 Å². The summed E-state index contributed by atoms with van der Waals surface area (Å²) in [4.78, 5) is 17.2. The Morgan fingerprint density at radius 2 is 1.96 bits per heavy atom. The molecule has 1 aromatic carbocycles. The van der Waals surface area contributed by atoms with E-state index in [1.807, 2.05) is 43.3 Å². The van der Waals surface area contributed by atoms with E-state index in [0.29, 0.717) is 11.0 Å². The van der Waals surface area contributed by atoms with Gasteiger partial charge >= 0.3 is 0 Å². The highest BCUT2D eigenvalue weighted by molar-refractivity contribution is 8.00. The van der Waals surface area contributed by atoms with Gasteiger partial charge in [-0.25, -0.2) is 4.98 Å². The number of fused-ring (bicyclic) bond motifs is 1. The normalized spacial score (nSPS) is 16.3. The van der Waals surface area contributed by atoms with Gasteiger partial charge in [0.05, 0.1) is 15.8 Å². The van der Waals surface area contributed by atoms with Crippen LogP contribution >= 0.6 is 23.1 Å². The lowest BCUT2D eigenvalue weighted by Crippen LogP contribution is -2.22. The van der Waals surface area contributed by atoms with Crippen molar-refractivity contribution in [3.8, 4) is 0 Å². The predicted octanol–water partition coefficient (Wildman–Crippen LogP) is 5.25. The maximum absolute atomic E-state index is 12.5. The fourth-order valence-corrected chi connectivity index (χ4v) is 5.10. The molecule has 0 radical (unpaired) electrons.